The molecule has 2 aromatic rings. The first-order valence-electron chi connectivity index (χ1n) is 3.46. The van der Waals surface area contributed by atoms with E-state index in [4.69, 9.17) is 16.7 Å². The van der Waals surface area contributed by atoms with Gasteiger partial charge < -0.3 is 5.11 Å². The van der Waals surface area contributed by atoms with Crippen molar-refractivity contribution in [1.82, 2.24) is 4.98 Å². The minimum atomic E-state index is -0.569. The number of aromatic nitrogens is 1. The quantitative estimate of drug-likeness (QED) is 0.740. The van der Waals surface area contributed by atoms with E-state index >= 15 is 0 Å². The molecule has 66 valence electrons. The molecule has 0 aliphatic rings. The molecule has 1 aromatic carbocycles. The van der Waals surface area contributed by atoms with Crippen LogP contribution < -0.4 is 0 Å². The van der Waals surface area contributed by atoms with Gasteiger partial charge in [-0.15, -0.1) is 11.3 Å². The van der Waals surface area contributed by atoms with E-state index in [0.717, 1.165) is 4.70 Å². The van der Waals surface area contributed by atoms with Gasteiger partial charge in [0.2, 0.25) is 0 Å². The van der Waals surface area contributed by atoms with Crippen LogP contribution in [0.3, 0.4) is 0 Å². The molecule has 0 aliphatic carbocycles. The highest BCUT2D eigenvalue weighted by molar-refractivity contribution is 7.21. The number of hydrogen-bond donors (Lipinski definition) is 1. The molecule has 0 fully saturated rings. The zero-order valence-electron chi connectivity index (χ0n) is 6.32. The summed E-state index contributed by atoms with van der Waals surface area (Å²) >= 11 is 6.47. The van der Waals surface area contributed by atoms with Crippen molar-refractivity contribution >= 4 is 38.4 Å². The standard InChI is InChI=1S/C8H4ClNO2S/c9-7(12)8-10-5-3-4(11)1-2-6(5)13-8/h1-3,11H. The van der Waals surface area contributed by atoms with Crippen LogP contribution in [0.2, 0.25) is 0 Å². The Morgan fingerprint density at radius 1 is 1.54 bits per heavy atom. The number of rotatable bonds is 1. The van der Waals surface area contributed by atoms with E-state index in [9.17, 15) is 4.79 Å². The summed E-state index contributed by atoms with van der Waals surface area (Å²) in [7, 11) is 0. The van der Waals surface area contributed by atoms with E-state index < -0.39 is 5.24 Å². The van der Waals surface area contributed by atoms with Crippen LogP contribution in [-0.4, -0.2) is 15.3 Å². The van der Waals surface area contributed by atoms with Crippen molar-refractivity contribution in [3.63, 3.8) is 0 Å². The lowest BCUT2D eigenvalue weighted by Gasteiger charge is -1.87. The smallest absolute Gasteiger partial charge is 0.281 e. The summed E-state index contributed by atoms with van der Waals surface area (Å²) in [5.74, 6) is 0.131. The van der Waals surface area contributed by atoms with Gasteiger partial charge in [-0.2, -0.15) is 0 Å². The summed E-state index contributed by atoms with van der Waals surface area (Å²) in [6, 6.07) is 4.74. The number of carbonyl (C=O) groups excluding carboxylic acids is 1. The molecule has 0 spiro atoms. The number of halogens is 1. The van der Waals surface area contributed by atoms with E-state index in [2.05, 4.69) is 4.98 Å². The van der Waals surface area contributed by atoms with Gasteiger partial charge in [0.15, 0.2) is 5.01 Å². The first kappa shape index (κ1) is 8.47. The molecule has 0 bridgehead atoms. The molecular formula is C8H4ClNO2S. The molecule has 0 unspecified atom stereocenters. The maximum Gasteiger partial charge on any atom is 0.281 e. The molecule has 1 N–H and O–H groups in total. The van der Waals surface area contributed by atoms with Gasteiger partial charge >= 0.3 is 0 Å². The Kier molecular flexibility index (Phi) is 1.94. The van der Waals surface area contributed by atoms with Crippen LogP contribution in [0.25, 0.3) is 10.2 Å². The second-order valence-electron chi connectivity index (χ2n) is 2.44. The average molecular weight is 214 g/mol. The lowest BCUT2D eigenvalue weighted by Crippen LogP contribution is -1.84. The molecule has 0 saturated carbocycles. The Balaban J connectivity index is 2.68. The molecule has 13 heavy (non-hydrogen) atoms. The lowest BCUT2D eigenvalue weighted by atomic mass is 10.3. The molecule has 0 saturated heterocycles. The Labute approximate surface area is 82.6 Å². The highest BCUT2D eigenvalue weighted by Gasteiger charge is 2.09. The molecule has 3 nitrogen and oxygen atoms in total. The van der Waals surface area contributed by atoms with Crippen LogP contribution >= 0.6 is 22.9 Å². The Hall–Kier alpha value is -1.13. The van der Waals surface area contributed by atoms with Gasteiger partial charge in [-0.05, 0) is 23.7 Å². The summed E-state index contributed by atoms with van der Waals surface area (Å²) < 4.78 is 0.835. The van der Waals surface area contributed by atoms with Crippen LogP contribution in [0.5, 0.6) is 5.75 Å². The Morgan fingerprint density at radius 2 is 2.31 bits per heavy atom. The van der Waals surface area contributed by atoms with Gasteiger partial charge in [0.25, 0.3) is 5.24 Å². The molecule has 1 aromatic heterocycles. The third kappa shape index (κ3) is 1.50. The second-order valence-corrected chi connectivity index (χ2v) is 3.82. The fraction of sp³-hybridized carbons (Fsp3) is 0. The van der Waals surface area contributed by atoms with Gasteiger partial charge in [0.1, 0.15) is 5.75 Å². The van der Waals surface area contributed by atoms with E-state index in [1.54, 1.807) is 12.1 Å². The van der Waals surface area contributed by atoms with Crippen molar-refractivity contribution < 1.29 is 9.90 Å². The zero-order valence-corrected chi connectivity index (χ0v) is 7.89. The van der Waals surface area contributed by atoms with Gasteiger partial charge in [0.05, 0.1) is 10.2 Å². The number of thiazole rings is 1. The van der Waals surface area contributed by atoms with E-state index in [1.165, 1.54) is 17.4 Å². The van der Waals surface area contributed by atoms with Crippen molar-refractivity contribution in [3.8, 4) is 5.75 Å². The summed E-state index contributed by atoms with van der Waals surface area (Å²) in [6.07, 6.45) is 0. The topological polar surface area (TPSA) is 50.2 Å². The lowest BCUT2D eigenvalue weighted by molar-refractivity contribution is 0.108. The van der Waals surface area contributed by atoms with E-state index in [0.29, 0.717) is 5.52 Å². The number of benzene rings is 1. The van der Waals surface area contributed by atoms with Crippen LogP contribution in [0.1, 0.15) is 9.80 Å². The third-order valence-corrected chi connectivity index (χ3v) is 2.87. The van der Waals surface area contributed by atoms with Gasteiger partial charge in [0, 0.05) is 6.07 Å². The van der Waals surface area contributed by atoms with Crippen LogP contribution in [-0.2, 0) is 0 Å². The molecule has 1 heterocycles. The Bertz CT molecular complexity index is 480. The number of fused-ring (bicyclic) bond motifs is 1. The van der Waals surface area contributed by atoms with Crippen molar-refractivity contribution in [2.45, 2.75) is 0 Å². The first-order chi connectivity index (χ1) is 6.16. The van der Waals surface area contributed by atoms with Crippen LogP contribution in [0.4, 0.5) is 0 Å². The van der Waals surface area contributed by atoms with Crippen molar-refractivity contribution in [2.75, 3.05) is 0 Å². The maximum absolute atomic E-state index is 10.8. The summed E-state index contributed by atoms with van der Waals surface area (Å²) in [5.41, 5.74) is 0.592. The average Bonchev–Trinajstić information content (AvgIpc) is 2.46. The molecule has 0 atom stereocenters. The van der Waals surface area contributed by atoms with Crippen LogP contribution in [0.15, 0.2) is 18.2 Å². The SMILES string of the molecule is O=C(Cl)c1nc2cc(O)ccc2s1. The molecule has 0 aliphatic heterocycles. The predicted octanol–water partition coefficient (Wildman–Crippen LogP) is 2.38. The van der Waals surface area contributed by atoms with Crippen molar-refractivity contribution in [3.05, 3.63) is 23.2 Å². The number of nitrogens with zero attached hydrogens (tertiary/aromatic N) is 1. The fourth-order valence-corrected chi connectivity index (χ4v) is 1.94. The minimum absolute atomic E-state index is 0.131. The molecule has 5 heteroatoms. The first-order valence-corrected chi connectivity index (χ1v) is 4.65. The predicted molar refractivity (Wildman–Crippen MR) is 51.5 cm³/mol. The van der Waals surface area contributed by atoms with E-state index in [1.807, 2.05) is 0 Å². The van der Waals surface area contributed by atoms with Crippen molar-refractivity contribution in [1.29, 1.82) is 0 Å². The van der Waals surface area contributed by atoms with Gasteiger partial charge in [-0.25, -0.2) is 4.98 Å². The molecule has 0 radical (unpaired) electrons. The monoisotopic (exact) mass is 213 g/mol. The number of phenols is 1. The summed E-state index contributed by atoms with van der Waals surface area (Å²) in [5, 5.41) is 8.81. The summed E-state index contributed by atoms with van der Waals surface area (Å²) in [6.45, 7) is 0. The minimum Gasteiger partial charge on any atom is -0.508 e. The summed E-state index contributed by atoms with van der Waals surface area (Å²) in [4.78, 5) is 14.7. The fourth-order valence-electron chi connectivity index (χ4n) is 1.000. The van der Waals surface area contributed by atoms with Crippen LogP contribution in [0, 0.1) is 0 Å². The van der Waals surface area contributed by atoms with E-state index in [-0.39, 0.29) is 10.8 Å². The normalized spacial score (nSPS) is 10.5. The van der Waals surface area contributed by atoms with Gasteiger partial charge in [-0.3, -0.25) is 4.79 Å². The number of aromatic hydroxyl groups is 1. The molecule has 2 rings (SSSR count). The highest BCUT2D eigenvalue weighted by atomic mass is 35.5. The number of carbonyl (C=O) groups is 1. The molecular weight excluding hydrogens is 210 g/mol. The largest absolute Gasteiger partial charge is 0.508 e. The highest BCUT2D eigenvalue weighted by Crippen LogP contribution is 2.25. The van der Waals surface area contributed by atoms with Crippen molar-refractivity contribution in [2.24, 2.45) is 0 Å². The third-order valence-electron chi connectivity index (χ3n) is 1.54. The number of phenolic OH excluding ortho intramolecular Hbond substituents is 1. The second kappa shape index (κ2) is 2.97. The Morgan fingerprint density at radius 3 is 3.00 bits per heavy atom. The maximum atomic E-state index is 10.8. The molecule has 0 amide bonds. The number of hydrogen-bond acceptors (Lipinski definition) is 4. The van der Waals surface area contributed by atoms with Gasteiger partial charge in [-0.1, -0.05) is 0 Å². The zero-order chi connectivity index (χ0) is 9.42.